The monoisotopic (exact) mass is 408 g/mol. The summed E-state index contributed by atoms with van der Waals surface area (Å²) < 4.78 is 22.4. The maximum absolute atomic E-state index is 12.6. The summed E-state index contributed by atoms with van der Waals surface area (Å²) in [7, 11) is 3.15. The molecule has 2 aliphatic rings. The molecule has 5 rings (SSSR count). The van der Waals surface area contributed by atoms with Crippen LogP contribution >= 0.6 is 0 Å². The number of rotatable bonds is 5. The highest BCUT2D eigenvalue weighted by Gasteiger charge is 2.50. The van der Waals surface area contributed by atoms with E-state index in [0.29, 0.717) is 59.4 Å². The Balaban J connectivity index is 1.56. The number of aromatic nitrogens is 2. The Labute approximate surface area is 172 Å². The van der Waals surface area contributed by atoms with Gasteiger partial charge >= 0.3 is 6.09 Å². The van der Waals surface area contributed by atoms with Gasteiger partial charge in [0.15, 0.2) is 5.60 Å². The summed E-state index contributed by atoms with van der Waals surface area (Å²) in [5.74, 6) is 2.14. The maximum atomic E-state index is 12.6. The first kappa shape index (κ1) is 18.4. The molecule has 9 heteroatoms. The zero-order chi connectivity index (χ0) is 20.7. The molecule has 30 heavy (non-hydrogen) atoms. The highest BCUT2D eigenvalue weighted by Crippen LogP contribution is 2.40. The topological polar surface area (TPSA) is 95.0 Å². The standard InChI is InChI=1S/C21H20N4O5/c1-27-13-4-3-5-14(6-13)29-19-15-7-17(18(28-2)8-16(15)23-12-24-19)25-11-21(9-22-10-21)30-20(25)26/h3-8,12,22H,9-11H2,1-2H3. The fourth-order valence-corrected chi connectivity index (χ4v) is 3.68. The number of hydrogen-bond donors (Lipinski definition) is 1. The van der Waals surface area contributed by atoms with Crippen LogP contribution in [0, 0.1) is 0 Å². The average Bonchev–Trinajstić information content (AvgIpc) is 3.11. The number of fused-ring (bicyclic) bond motifs is 1. The van der Waals surface area contributed by atoms with Gasteiger partial charge in [-0.3, -0.25) is 4.90 Å². The first-order valence-electron chi connectivity index (χ1n) is 9.47. The van der Waals surface area contributed by atoms with Gasteiger partial charge in [-0.25, -0.2) is 14.8 Å². The SMILES string of the molecule is COc1cccc(Oc2ncnc3cc(OC)c(N4CC5(CNC5)OC4=O)cc23)c1. The van der Waals surface area contributed by atoms with Crippen molar-refractivity contribution in [2.45, 2.75) is 5.60 Å². The minimum absolute atomic E-state index is 0.366. The van der Waals surface area contributed by atoms with Crippen LogP contribution < -0.4 is 24.4 Å². The molecular formula is C21H20N4O5. The average molecular weight is 408 g/mol. The number of ether oxygens (including phenoxy) is 4. The van der Waals surface area contributed by atoms with Crippen molar-refractivity contribution >= 4 is 22.7 Å². The summed E-state index contributed by atoms with van der Waals surface area (Å²) in [6.45, 7) is 1.72. The van der Waals surface area contributed by atoms with Crippen LogP contribution in [0.25, 0.3) is 10.9 Å². The number of carbonyl (C=O) groups is 1. The lowest BCUT2D eigenvalue weighted by molar-refractivity contribution is 0.0142. The van der Waals surface area contributed by atoms with Crippen molar-refractivity contribution in [1.29, 1.82) is 0 Å². The second-order valence-corrected chi connectivity index (χ2v) is 7.24. The molecular weight excluding hydrogens is 388 g/mol. The Morgan fingerprint density at radius 2 is 1.93 bits per heavy atom. The molecule has 2 aliphatic heterocycles. The van der Waals surface area contributed by atoms with Gasteiger partial charge in [-0.05, 0) is 18.2 Å². The number of benzene rings is 2. The number of anilines is 1. The number of hydrogen-bond acceptors (Lipinski definition) is 8. The molecule has 0 aliphatic carbocycles. The van der Waals surface area contributed by atoms with Crippen LogP contribution in [0.2, 0.25) is 0 Å². The Hall–Kier alpha value is -3.59. The van der Waals surface area contributed by atoms with Crippen molar-refractivity contribution in [2.75, 3.05) is 38.8 Å². The van der Waals surface area contributed by atoms with Crippen molar-refractivity contribution in [3.8, 4) is 23.1 Å². The molecule has 2 fully saturated rings. The molecule has 154 valence electrons. The lowest BCUT2D eigenvalue weighted by atomic mass is 9.97. The van der Waals surface area contributed by atoms with Crippen LogP contribution in [0.4, 0.5) is 10.5 Å². The summed E-state index contributed by atoms with van der Waals surface area (Å²) in [6, 6.07) is 10.8. The van der Waals surface area contributed by atoms with Crippen LogP contribution in [0.5, 0.6) is 23.1 Å². The van der Waals surface area contributed by atoms with E-state index in [4.69, 9.17) is 18.9 Å². The van der Waals surface area contributed by atoms with Gasteiger partial charge in [0.1, 0.15) is 23.6 Å². The number of methoxy groups -OCH3 is 2. The normalized spacial score (nSPS) is 17.0. The van der Waals surface area contributed by atoms with E-state index in [0.717, 1.165) is 0 Å². The van der Waals surface area contributed by atoms with Crippen LogP contribution in [-0.2, 0) is 4.74 Å². The summed E-state index contributed by atoms with van der Waals surface area (Å²) in [5.41, 5.74) is 0.740. The predicted octanol–water partition coefficient (Wildman–Crippen LogP) is 2.74. The molecule has 1 spiro atoms. The van der Waals surface area contributed by atoms with Gasteiger partial charge in [-0.1, -0.05) is 6.07 Å². The summed E-state index contributed by atoms with van der Waals surface area (Å²) in [6.07, 6.45) is 1.03. The van der Waals surface area contributed by atoms with E-state index in [2.05, 4.69) is 15.3 Å². The lowest BCUT2D eigenvalue weighted by Crippen LogP contribution is -2.61. The fraction of sp³-hybridized carbons (Fsp3) is 0.286. The molecule has 0 atom stereocenters. The number of carbonyl (C=O) groups excluding carboxylic acids is 1. The third kappa shape index (κ3) is 3.03. The minimum Gasteiger partial charge on any atom is -0.497 e. The van der Waals surface area contributed by atoms with E-state index in [1.807, 2.05) is 18.2 Å². The third-order valence-corrected chi connectivity index (χ3v) is 5.31. The van der Waals surface area contributed by atoms with Crippen molar-refractivity contribution in [1.82, 2.24) is 15.3 Å². The van der Waals surface area contributed by atoms with E-state index in [1.165, 1.54) is 6.33 Å². The van der Waals surface area contributed by atoms with Crippen LogP contribution in [0.1, 0.15) is 0 Å². The second kappa shape index (κ2) is 7.03. The van der Waals surface area contributed by atoms with Crippen molar-refractivity contribution in [3.05, 3.63) is 42.7 Å². The largest absolute Gasteiger partial charge is 0.497 e. The molecule has 3 heterocycles. The molecule has 3 aromatic rings. The van der Waals surface area contributed by atoms with Gasteiger partial charge in [-0.15, -0.1) is 0 Å². The minimum atomic E-state index is -0.482. The van der Waals surface area contributed by atoms with Gasteiger partial charge in [0.25, 0.3) is 0 Å². The Morgan fingerprint density at radius 3 is 2.63 bits per heavy atom. The van der Waals surface area contributed by atoms with E-state index < -0.39 is 11.7 Å². The van der Waals surface area contributed by atoms with Crippen LogP contribution in [0.15, 0.2) is 42.7 Å². The van der Waals surface area contributed by atoms with E-state index in [9.17, 15) is 4.79 Å². The molecule has 0 unspecified atom stereocenters. The van der Waals surface area contributed by atoms with E-state index in [1.54, 1.807) is 37.3 Å². The van der Waals surface area contributed by atoms with Gasteiger partial charge in [-0.2, -0.15) is 0 Å². The Bertz CT molecular complexity index is 1130. The van der Waals surface area contributed by atoms with Gasteiger partial charge in [0.2, 0.25) is 5.88 Å². The molecule has 2 saturated heterocycles. The smallest absolute Gasteiger partial charge is 0.415 e. The van der Waals surface area contributed by atoms with E-state index >= 15 is 0 Å². The first-order valence-corrected chi connectivity index (χ1v) is 9.47. The molecule has 0 radical (unpaired) electrons. The van der Waals surface area contributed by atoms with E-state index in [-0.39, 0.29) is 0 Å². The molecule has 1 amide bonds. The van der Waals surface area contributed by atoms with Gasteiger partial charge < -0.3 is 24.3 Å². The summed E-state index contributed by atoms with van der Waals surface area (Å²) in [5, 5.41) is 3.80. The number of nitrogens with one attached hydrogen (secondary N) is 1. The second-order valence-electron chi connectivity index (χ2n) is 7.24. The number of nitrogens with zero attached hydrogens (tertiary/aromatic N) is 3. The van der Waals surface area contributed by atoms with Gasteiger partial charge in [0, 0.05) is 25.2 Å². The predicted molar refractivity (Wildman–Crippen MR) is 109 cm³/mol. The van der Waals surface area contributed by atoms with Crippen molar-refractivity contribution < 1.29 is 23.7 Å². The van der Waals surface area contributed by atoms with Crippen molar-refractivity contribution in [2.24, 2.45) is 0 Å². The summed E-state index contributed by atoms with van der Waals surface area (Å²) in [4.78, 5) is 22.8. The third-order valence-electron chi connectivity index (χ3n) is 5.31. The maximum Gasteiger partial charge on any atom is 0.415 e. The highest BCUT2D eigenvalue weighted by atomic mass is 16.6. The fourth-order valence-electron chi connectivity index (χ4n) is 3.68. The summed E-state index contributed by atoms with van der Waals surface area (Å²) >= 11 is 0. The van der Waals surface area contributed by atoms with Crippen LogP contribution in [0.3, 0.4) is 0 Å². The molecule has 1 N–H and O–H groups in total. The number of amides is 1. The first-order chi connectivity index (χ1) is 14.6. The quantitative estimate of drug-likeness (QED) is 0.689. The van der Waals surface area contributed by atoms with Gasteiger partial charge in [0.05, 0.1) is 37.4 Å². The zero-order valence-corrected chi connectivity index (χ0v) is 16.5. The molecule has 0 saturated carbocycles. The van der Waals surface area contributed by atoms with Crippen molar-refractivity contribution in [3.63, 3.8) is 0 Å². The zero-order valence-electron chi connectivity index (χ0n) is 16.5. The molecule has 0 bridgehead atoms. The Morgan fingerprint density at radius 1 is 1.10 bits per heavy atom. The van der Waals surface area contributed by atoms with Crippen LogP contribution in [-0.4, -0.2) is 55.5 Å². The molecule has 1 aromatic heterocycles. The highest BCUT2D eigenvalue weighted by molar-refractivity contribution is 5.97. The Kier molecular flexibility index (Phi) is 4.32. The molecule has 2 aromatic carbocycles. The lowest BCUT2D eigenvalue weighted by Gasteiger charge is -2.36. The molecule has 9 nitrogen and oxygen atoms in total.